The van der Waals surface area contributed by atoms with Crippen LogP contribution in [-0.4, -0.2) is 44.0 Å². The molecule has 3 aromatic heterocycles. The van der Waals surface area contributed by atoms with Gasteiger partial charge in [0, 0.05) is 53.8 Å². The Morgan fingerprint density at radius 1 is 1.11 bits per heavy atom. The van der Waals surface area contributed by atoms with Crippen molar-refractivity contribution in [2.45, 2.75) is 43.9 Å². The van der Waals surface area contributed by atoms with Crippen LogP contribution in [0.3, 0.4) is 0 Å². The van der Waals surface area contributed by atoms with Gasteiger partial charge in [0.05, 0.1) is 23.3 Å². The molecule has 3 aliphatic rings. The van der Waals surface area contributed by atoms with Crippen molar-refractivity contribution < 1.29 is 18.3 Å². The van der Waals surface area contributed by atoms with Crippen molar-refractivity contribution in [2.24, 2.45) is 11.7 Å². The summed E-state index contributed by atoms with van der Waals surface area (Å²) in [6, 6.07) is 8.30. The van der Waals surface area contributed by atoms with Crippen LogP contribution in [-0.2, 0) is 0 Å². The zero-order chi connectivity index (χ0) is 25.4. The molecule has 0 radical (unpaired) electrons. The molecule has 7 rings (SSSR count). The molecule has 1 amide bonds. The molecule has 1 aromatic carbocycles. The lowest BCUT2D eigenvalue weighted by Crippen LogP contribution is -2.30. The number of hydrogen-bond donors (Lipinski definition) is 1. The minimum Gasteiger partial charge on any atom is -0.434 e. The number of fused-ring (bicyclic) bond motifs is 9. The lowest BCUT2D eigenvalue weighted by atomic mass is 9.88. The zero-order valence-corrected chi connectivity index (χ0v) is 20.0. The summed E-state index contributed by atoms with van der Waals surface area (Å²) >= 11 is 0. The van der Waals surface area contributed by atoms with E-state index in [1.807, 2.05) is 18.3 Å². The van der Waals surface area contributed by atoms with Gasteiger partial charge in [0.2, 0.25) is 0 Å². The molecule has 188 valence electrons. The molecular weight excluding hydrogens is 478 g/mol. The second kappa shape index (κ2) is 8.04. The van der Waals surface area contributed by atoms with E-state index in [2.05, 4.69) is 9.97 Å². The molecule has 1 aliphatic heterocycles. The summed E-state index contributed by atoms with van der Waals surface area (Å²) < 4.78 is 33.3. The Balaban J connectivity index is 1.35. The van der Waals surface area contributed by atoms with Crippen LogP contribution < -0.4 is 10.5 Å². The number of benzene rings is 1. The Hall–Kier alpha value is -3.92. The Bertz CT molecular complexity index is 1550. The molecule has 4 aromatic rings. The SMILES string of the molecule is CN1C(=O)c2cccc(OC(F)F)c2[C@H]2C[C@@H]1c1nn3ccc(-c4cnc([C@@H](N)C5CC5)nc4)cc3c12. The molecule has 10 heteroatoms. The maximum Gasteiger partial charge on any atom is 0.387 e. The molecule has 1 saturated carbocycles. The first-order valence-electron chi connectivity index (χ1n) is 12.4. The van der Waals surface area contributed by atoms with Gasteiger partial charge in [-0.1, -0.05) is 6.07 Å². The average Bonchev–Trinajstić information content (AvgIpc) is 3.61. The number of rotatable bonds is 5. The smallest absolute Gasteiger partial charge is 0.387 e. The van der Waals surface area contributed by atoms with Gasteiger partial charge in [-0.15, -0.1) is 0 Å². The van der Waals surface area contributed by atoms with Crippen molar-refractivity contribution >= 4 is 11.4 Å². The van der Waals surface area contributed by atoms with Gasteiger partial charge in [0.25, 0.3) is 5.91 Å². The van der Waals surface area contributed by atoms with Crippen LogP contribution in [0.2, 0.25) is 0 Å². The Morgan fingerprint density at radius 2 is 1.89 bits per heavy atom. The number of alkyl halides is 2. The van der Waals surface area contributed by atoms with E-state index in [0.717, 1.165) is 40.7 Å². The van der Waals surface area contributed by atoms with E-state index in [-0.39, 0.29) is 29.7 Å². The maximum absolute atomic E-state index is 13.3. The molecule has 0 spiro atoms. The number of carbonyl (C=O) groups is 1. The molecular formula is C27H24F2N6O2. The number of ether oxygens (including phenoxy) is 1. The first-order chi connectivity index (χ1) is 17.9. The molecule has 0 saturated heterocycles. The Kier molecular flexibility index (Phi) is 4.84. The zero-order valence-electron chi connectivity index (χ0n) is 20.0. The summed E-state index contributed by atoms with van der Waals surface area (Å²) in [7, 11) is 1.73. The fourth-order valence-corrected chi connectivity index (χ4v) is 5.87. The van der Waals surface area contributed by atoms with Gasteiger partial charge in [-0.25, -0.2) is 14.5 Å². The number of aromatic nitrogens is 4. The lowest BCUT2D eigenvalue weighted by molar-refractivity contribution is -0.0505. The molecule has 2 bridgehead atoms. The summed E-state index contributed by atoms with van der Waals surface area (Å²) in [6.07, 6.45) is 8.22. The van der Waals surface area contributed by atoms with Gasteiger partial charge in [0.1, 0.15) is 11.6 Å². The van der Waals surface area contributed by atoms with E-state index in [1.165, 1.54) is 6.07 Å². The molecule has 4 heterocycles. The van der Waals surface area contributed by atoms with E-state index < -0.39 is 6.61 Å². The predicted molar refractivity (Wildman–Crippen MR) is 130 cm³/mol. The van der Waals surface area contributed by atoms with Gasteiger partial charge in [-0.05, 0) is 55.0 Å². The van der Waals surface area contributed by atoms with Crippen molar-refractivity contribution in [1.29, 1.82) is 0 Å². The van der Waals surface area contributed by atoms with Crippen molar-refractivity contribution in [1.82, 2.24) is 24.5 Å². The third-order valence-corrected chi connectivity index (χ3v) is 7.91. The van der Waals surface area contributed by atoms with Crippen LogP contribution in [0.4, 0.5) is 8.78 Å². The highest BCUT2D eigenvalue weighted by Crippen LogP contribution is 2.53. The standard InChI is InChI=1S/C27H24F2N6O2/c1-34-19-10-17(21-16(26(34)36)3-2-4-20(21)37-27(28)29)22-18-9-14(7-8-35(18)33-24(19)22)15-11-31-25(32-12-15)23(30)13-5-6-13/h2-4,7-9,11-13,17,19,23,27H,5-6,10,30H2,1H3/t17-,19-,23+/m1/s1. The van der Waals surface area contributed by atoms with Crippen LogP contribution in [0.1, 0.15) is 70.3 Å². The van der Waals surface area contributed by atoms with E-state index in [9.17, 15) is 13.6 Å². The monoisotopic (exact) mass is 502 g/mol. The van der Waals surface area contributed by atoms with Gasteiger partial charge >= 0.3 is 6.61 Å². The molecule has 3 atom stereocenters. The van der Waals surface area contributed by atoms with E-state index in [4.69, 9.17) is 15.6 Å². The van der Waals surface area contributed by atoms with Crippen LogP contribution in [0, 0.1) is 5.92 Å². The van der Waals surface area contributed by atoms with Crippen molar-refractivity contribution in [3.8, 4) is 16.9 Å². The Morgan fingerprint density at radius 3 is 2.62 bits per heavy atom. The van der Waals surface area contributed by atoms with Crippen molar-refractivity contribution in [2.75, 3.05) is 7.05 Å². The fourth-order valence-electron chi connectivity index (χ4n) is 5.87. The first kappa shape index (κ1) is 22.3. The normalized spacial score (nSPS) is 21.2. The summed E-state index contributed by atoms with van der Waals surface area (Å²) in [5.74, 6) is 0.596. The second-order valence-corrected chi connectivity index (χ2v) is 10.1. The minimum absolute atomic E-state index is 0.0271. The second-order valence-electron chi connectivity index (χ2n) is 10.1. The lowest BCUT2D eigenvalue weighted by Gasteiger charge is -2.23. The largest absolute Gasteiger partial charge is 0.434 e. The van der Waals surface area contributed by atoms with Crippen molar-refractivity contribution in [3.63, 3.8) is 0 Å². The van der Waals surface area contributed by atoms with E-state index >= 15 is 0 Å². The number of amides is 1. The summed E-state index contributed by atoms with van der Waals surface area (Å²) in [4.78, 5) is 24.0. The summed E-state index contributed by atoms with van der Waals surface area (Å²) in [5, 5.41) is 4.81. The van der Waals surface area contributed by atoms with Gasteiger partial charge in [-0.3, -0.25) is 4.79 Å². The molecule has 1 fully saturated rings. The third kappa shape index (κ3) is 3.42. The van der Waals surface area contributed by atoms with Crippen LogP contribution in [0.5, 0.6) is 5.75 Å². The fraction of sp³-hybridized carbons (Fsp3) is 0.333. The molecule has 0 unspecified atom stereocenters. The number of halogens is 2. The van der Waals surface area contributed by atoms with Crippen LogP contribution in [0.25, 0.3) is 16.6 Å². The first-order valence-corrected chi connectivity index (χ1v) is 12.4. The molecule has 8 nitrogen and oxygen atoms in total. The molecule has 2 N–H and O–H groups in total. The summed E-state index contributed by atoms with van der Waals surface area (Å²) in [5.41, 5.74) is 11.4. The highest BCUT2D eigenvalue weighted by atomic mass is 19.3. The van der Waals surface area contributed by atoms with Crippen LogP contribution in [0.15, 0.2) is 48.9 Å². The molecule has 37 heavy (non-hydrogen) atoms. The number of hydrogen-bond acceptors (Lipinski definition) is 6. The average molecular weight is 503 g/mol. The quantitative estimate of drug-likeness (QED) is 0.433. The number of nitrogens with two attached hydrogens (primary N) is 1. The number of nitrogens with zero attached hydrogens (tertiary/aromatic N) is 5. The van der Waals surface area contributed by atoms with Gasteiger partial charge < -0.3 is 15.4 Å². The maximum atomic E-state index is 13.3. The highest BCUT2D eigenvalue weighted by molar-refractivity contribution is 5.98. The predicted octanol–water partition coefficient (Wildman–Crippen LogP) is 4.46. The van der Waals surface area contributed by atoms with Gasteiger partial charge in [0.15, 0.2) is 0 Å². The Labute approximate surface area is 211 Å². The van der Waals surface area contributed by atoms with Crippen LogP contribution >= 0.6 is 0 Å². The minimum atomic E-state index is -2.99. The van der Waals surface area contributed by atoms with E-state index in [0.29, 0.717) is 29.3 Å². The topological polar surface area (TPSA) is 98.6 Å². The summed E-state index contributed by atoms with van der Waals surface area (Å²) in [6.45, 7) is -2.99. The van der Waals surface area contributed by atoms with E-state index in [1.54, 1.807) is 41.0 Å². The van der Waals surface area contributed by atoms with Crippen molar-refractivity contribution in [3.05, 3.63) is 77.1 Å². The molecule has 2 aliphatic carbocycles. The number of carbonyl (C=O) groups excluding carboxylic acids is 1. The van der Waals surface area contributed by atoms with Gasteiger partial charge in [-0.2, -0.15) is 13.9 Å². The number of pyridine rings is 1. The highest BCUT2D eigenvalue weighted by Gasteiger charge is 2.46. The third-order valence-electron chi connectivity index (χ3n) is 7.91.